The number of benzene rings is 2. The number of hydrogen-bond donors (Lipinski definition) is 1. The number of ether oxygens (including phenoxy) is 1. The van der Waals surface area contributed by atoms with Gasteiger partial charge in [0.2, 0.25) is 5.91 Å². The SMILES string of the molecule is O=C(CN1CCN(Cc2ccc3c(c2)CCO3)CC1)Nc1cc(F)ccc1F. The molecule has 148 valence electrons. The van der Waals surface area contributed by atoms with Gasteiger partial charge in [-0.2, -0.15) is 0 Å². The molecule has 0 aliphatic carbocycles. The van der Waals surface area contributed by atoms with E-state index in [-0.39, 0.29) is 18.1 Å². The zero-order valence-corrected chi connectivity index (χ0v) is 15.6. The van der Waals surface area contributed by atoms with E-state index in [1.165, 1.54) is 11.1 Å². The van der Waals surface area contributed by atoms with Crippen LogP contribution in [-0.4, -0.2) is 55.0 Å². The number of carbonyl (C=O) groups is 1. The molecule has 1 amide bonds. The second kappa shape index (κ2) is 8.24. The lowest BCUT2D eigenvalue weighted by Crippen LogP contribution is -2.48. The van der Waals surface area contributed by atoms with Crippen LogP contribution in [0.1, 0.15) is 11.1 Å². The number of piperazine rings is 1. The van der Waals surface area contributed by atoms with E-state index in [0.29, 0.717) is 0 Å². The highest BCUT2D eigenvalue weighted by molar-refractivity contribution is 5.92. The highest BCUT2D eigenvalue weighted by Gasteiger charge is 2.20. The van der Waals surface area contributed by atoms with Gasteiger partial charge < -0.3 is 10.1 Å². The van der Waals surface area contributed by atoms with E-state index in [2.05, 4.69) is 22.3 Å². The lowest BCUT2D eigenvalue weighted by molar-refractivity contribution is -0.117. The van der Waals surface area contributed by atoms with Crippen LogP contribution < -0.4 is 10.1 Å². The van der Waals surface area contributed by atoms with Gasteiger partial charge in [0.15, 0.2) is 0 Å². The topological polar surface area (TPSA) is 44.8 Å². The average molecular weight is 387 g/mol. The summed E-state index contributed by atoms with van der Waals surface area (Å²) in [5.74, 6) is -0.561. The van der Waals surface area contributed by atoms with Crippen LogP contribution in [0.25, 0.3) is 0 Å². The van der Waals surface area contributed by atoms with E-state index in [9.17, 15) is 13.6 Å². The number of carbonyl (C=O) groups excluding carboxylic acids is 1. The number of halogens is 2. The van der Waals surface area contributed by atoms with Gasteiger partial charge in [0.25, 0.3) is 0 Å². The van der Waals surface area contributed by atoms with Crippen molar-refractivity contribution in [3.05, 3.63) is 59.2 Å². The van der Waals surface area contributed by atoms with Crippen LogP contribution in [0.2, 0.25) is 0 Å². The molecular formula is C21H23F2N3O2. The number of hydrogen-bond acceptors (Lipinski definition) is 4. The quantitative estimate of drug-likeness (QED) is 0.857. The minimum absolute atomic E-state index is 0.121. The summed E-state index contributed by atoms with van der Waals surface area (Å²) in [6.45, 7) is 5.03. The molecule has 1 fully saturated rings. The number of nitrogens with zero attached hydrogens (tertiary/aromatic N) is 2. The van der Waals surface area contributed by atoms with Gasteiger partial charge >= 0.3 is 0 Å². The van der Waals surface area contributed by atoms with Crippen molar-refractivity contribution in [2.45, 2.75) is 13.0 Å². The molecule has 1 saturated heterocycles. The molecule has 4 rings (SSSR count). The fraction of sp³-hybridized carbons (Fsp3) is 0.381. The Hall–Kier alpha value is -2.51. The van der Waals surface area contributed by atoms with Gasteiger partial charge in [-0.1, -0.05) is 12.1 Å². The fourth-order valence-corrected chi connectivity index (χ4v) is 3.69. The maximum Gasteiger partial charge on any atom is 0.238 e. The third kappa shape index (κ3) is 4.48. The molecule has 2 aromatic carbocycles. The Balaban J connectivity index is 1.25. The molecule has 5 nitrogen and oxygen atoms in total. The predicted molar refractivity (Wildman–Crippen MR) is 102 cm³/mol. The van der Waals surface area contributed by atoms with Crippen LogP contribution in [-0.2, 0) is 17.8 Å². The van der Waals surface area contributed by atoms with Gasteiger partial charge in [-0.3, -0.25) is 14.6 Å². The highest BCUT2D eigenvalue weighted by atomic mass is 19.1. The molecule has 7 heteroatoms. The number of anilines is 1. The van der Waals surface area contributed by atoms with Crippen LogP contribution in [0.3, 0.4) is 0 Å². The Bertz CT molecular complexity index is 867. The van der Waals surface area contributed by atoms with Crippen molar-refractivity contribution >= 4 is 11.6 Å². The Kier molecular flexibility index (Phi) is 5.54. The number of amides is 1. The minimum atomic E-state index is -0.640. The van der Waals surface area contributed by atoms with Crippen molar-refractivity contribution in [3.8, 4) is 5.75 Å². The van der Waals surface area contributed by atoms with E-state index in [1.807, 2.05) is 11.0 Å². The largest absolute Gasteiger partial charge is 0.493 e. The summed E-state index contributed by atoms with van der Waals surface area (Å²) in [4.78, 5) is 16.5. The standard InChI is InChI=1S/C21H23F2N3O2/c22-17-2-3-18(23)19(12-17)24-21(27)14-26-8-6-25(7-9-26)13-15-1-4-20-16(11-15)5-10-28-20/h1-4,11-12H,5-10,13-14H2,(H,24,27). The zero-order chi connectivity index (χ0) is 19.5. The molecule has 0 radical (unpaired) electrons. The van der Waals surface area contributed by atoms with Gasteiger partial charge in [0.1, 0.15) is 17.4 Å². The summed E-state index contributed by atoms with van der Waals surface area (Å²) in [6.07, 6.45) is 0.970. The highest BCUT2D eigenvalue weighted by Crippen LogP contribution is 2.26. The third-order valence-corrected chi connectivity index (χ3v) is 5.19. The zero-order valence-electron chi connectivity index (χ0n) is 15.6. The first-order valence-electron chi connectivity index (χ1n) is 9.51. The van der Waals surface area contributed by atoms with Crippen molar-refractivity contribution < 1.29 is 18.3 Å². The summed E-state index contributed by atoms with van der Waals surface area (Å²) in [6, 6.07) is 9.40. The normalized spacial score (nSPS) is 17.2. The first-order valence-corrected chi connectivity index (χ1v) is 9.51. The molecule has 2 heterocycles. The molecule has 2 aliphatic rings. The second-order valence-electron chi connectivity index (χ2n) is 7.27. The smallest absolute Gasteiger partial charge is 0.238 e. The Morgan fingerprint density at radius 1 is 1.04 bits per heavy atom. The van der Waals surface area contributed by atoms with Crippen molar-refractivity contribution in [1.82, 2.24) is 9.80 Å². The van der Waals surface area contributed by atoms with Crippen molar-refractivity contribution in [1.29, 1.82) is 0 Å². The fourth-order valence-electron chi connectivity index (χ4n) is 3.69. The summed E-state index contributed by atoms with van der Waals surface area (Å²) in [5.41, 5.74) is 2.43. The summed E-state index contributed by atoms with van der Waals surface area (Å²) < 4.78 is 32.4. The van der Waals surface area contributed by atoms with E-state index in [1.54, 1.807) is 0 Å². The van der Waals surface area contributed by atoms with Crippen molar-refractivity contribution in [2.24, 2.45) is 0 Å². The molecule has 1 N–H and O–H groups in total. The summed E-state index contributed by atoms with van der Waals surface area (Å²) >= 11 is 0. The van der Waals surface area contributed by atoms with Crippen LogP contribution in [0.4, 0.5) is 14.5 Å². The van der Waals surface area contributed by atoms with Crippen LogP contribution in [0, 0.1) is 11.6 Å². The monoisotopic (exact) mass is 387 g/mol. The molecule has 2 aromatic rings. The number of rotatable bonds is 5. The molecule has 0 saturated carbocycles. The molecule has 0 atom stereocenters. The molecule has 0 spiro atoms. The Labute approximate surface area is 162 Å². The summed E-state index contributed by atoms with van der Waals surface area (Å²) in [5, 5.41) is 2.45. The van der Waals surface area contributed by atoms with Crippen molar-refractivity contribution in [2.75, 3.05) is 44.6 Å². The lowest BCUT2D eigenvalue weighted by Gasteiger charge is -2.34. The number of nitrogens with one attached hydrogen (secondary N) is 1. The van der Waals surface area contributed by atoms with Gasteiger partial charge in [-0.05, 0) is 29.3 Å². The molecule has 0 aromatic heterocycles. The van der Waals surface area contributed by atoms with E-state index < -0.39 is 11.6 Å². The van der Waals surface area contributed by atoms with Gasteiger partial charge in [0.05, 0.1) is 18.8 Å². The maximum atomic E-state index is 13.6. The first kappa shape index (κ1) is 18.8. The predicted octanol–water partition coefficient (Wildman–Crippen LogP) is 2.66. The van der Waals surface area contributed by atoms with E-state index in [0.717, 1.165) is 69.7 Å². The third-order valence-electron chi connectivity index (χ3n) is 5.19. The van der Waals surface area contributed by atoms with Crippen LogP contribution in [0.15, 0.2) is 36.4 Å². The first-order chi connectivity index (χ1) is 13.6. The van der Waals surface area contributed by atoms with Crippen molar-refractivity contribution in [3.63, 3.8) is 0 Å². The molecule has 0 unspecified atom stereocenters. The lowest BCUT2D eigenvalue weighted by atomic mass is 10.1. The van der Waals surface area contributed by atoms with E-state index >= 15 is 0 Å². The van der Waals surface area contributed by atoms with Crippen LogP contribution >= 0.6 is 0 Å². The molecule has 28 heavy (non-hydrogen) atoms. The number of fused-ring (bicyclic) bond motifs is 1. The molecule has 0 bridgehead atoms. The Morgan fingerprint density at radius 3 is 2.64 bits per heavy atom. The molecule has 2 aliphatic heterocycles. The Morgan fingerprint density at radius 2 is 1.82 bits per heavy atom. The van der Waals surface area contributed by atoms with E-state index in [4.69, 9.17) is 4.74 Å². The second-order valence-corrected chi connectivity index (χ2v) is 7.27. The van der Waals surface area contributed by atoms with Gasteiger partial charge in [-0.15, -0.1) is 0 Å². The van der Waals surface area contributed by atoms with Crippen LogP contribution in [0.5, 0.6) is 5.75 Å². The maximum absolute atomic E-state index is 13.6. The minimum Gasteiger partial charge on any atom is -0.493 e. The molecular weight excluding hydrogens is 364 g/mol. The van der Waals surface area contributed by atoms with Gasteiger partial charge in [0, 0.05) is 45.2 Å². The van der Waals surface area contributed by atoms with Gasteiger partial charge in [-0.25, -0.2) is 8.78 Å². The average Bonchev–Trinajstić information content (AvgIpc) is 3.14. The summed E-state index contributed by atoms with van der Waals surface area (Å²) in [7, 11) is 0.